The standard InChI is InChI=1S/C4H7Cl2F/c1-3(7)4(2,5)6/h3H,1-2H3. The first-order valence-electron chi connectivity index (χ1n) is 1.96. The molecular weight excluding hydrogens is 138 g/mol. The average molecular weight is 145 g/mol. The zero-order valence-corrected chi connectivity index (χ0v) is 5.72. The minimum Gasteiger partial charge on any atom is -0.245 e. The predicted octanol–water partition coefficient (Wildman–Crippen LogP) is 2.54. The van der Waals surface area contributed by atoms with Crippen molar-refractivity contribution in [3.8, 4) is 0 Å². The highest BCUT2D eigenvalue weighted by Gasteiger charge is 2.24. The molecule has 0 radical (unpaired) electrons. The van der Waals surface area contributed by atoms with Gasteiger partial charge in [0.15, 0.2) is 0 Å². The lowest BCUT2D eigenvalue weighted by Gasteiger charge is -2.12. The Morgan fingerprint density at radius 3 is 1.71 bits per heavy atom. The molecule has 0 nitrogen and oxygen atoms in total. The lowest BCUT2D eigenvalue weighted by Crippen LogP contribution is -2.18. The van der Waals surface area contributed by atoms with Crippen molar-refractivity contribution in [2.24, 2.45) is 0 Å². The van der Waals surface area contributed by atoms with Crippen LogP contribution in [-0.4, -0.2) is 10.5 Å². The highest BCUT2D eigenvalue weighted by Crippen LogP contribution is 2.25. The summed E-state index contributed by atoms with van der Waals surface area (Å²) in [7, 11) is 0. The van der Waals surface area contributed by atoms with E-state index in [2.05, 4.69) is 0 Å². The number of hydrogen-bond acceptors (Lipinski definition) is 0. The molecule has 0 fully saturated rings. The predicted molar refractivity (Wildman–Crippen MR) is 30.7 cm³/mol. The summed E-state index contributed by atoms with van der Waals surface area (Å²) in [6.45, 7) is 2.74. The molecule has 0 N–H and O–H groups in total. The smallest absolute Gasteiger partial charge is 0.146 e. The molecule has 0 aromatic carbocycles. The van der Waals surface area contributed by atoms with Gasteiger partial charge in [-0.2, -0.15) is 0 Å². The van der Waals surface area contributed by atoms with Crippen LogP contribution in [0.5, 0.6) is 0 Å². The summed E-state index contributed by atoms with van der Waals surface area (Å²) in [6.07, 6.45) is -1.17. The van der Waals surface area contributed by atoms with E-state index >= 15 is 0 Å². The van der Waals surface area contributed by atoms with Crippen molar-refractivity contribution in [2.75, 3.05) is 0 Å². The maximum atomic E-state index is 11.9. The van der Waals surface area contributed by atoms with Crippen LogP contribution in [0.4, 0.5) is 4.39 Å². The van der Waals surface area contributed by atoms with Crippen molar-refractivity contribution in [3.63, 3.8) is 0 Å². The summed E-state index contributed by atoms with van der Waals surface area (Å²) < 4.78 is 10.7. The molecule has 0 aliphatic carbocycles. The summed E-state index contributed by atoms with van der Waals surface area (Å²) in [5.41, 5.74) is 0. The molecule has 0 amide bonds. The van der Waals surface area contributed by atoms with Crippen molar-refractivity contribution in [1.82, 2.24) is 0 Å². The minimum absolute atomic E-state index is 1.17. The van der Waals surface area contributed by atoms with E-state index < -0.39 is 10.5 Å². The summed E-state index contributed by atoms with van der Waals surface area (Å²) >= 11 is 10.5. The average Bonchev–Trinajstić information content (AvgIpc) is 1.31. The van der Waals surface area contributed by atoms with E-state index in [4.69, 9.17) is 23.2 Å². The third-order valence-corrected chi connectivity index (χ3v) is 1.30. The summed E-state index contributed by atoms with van der Waals surface area (Å²) in [5, 5.41) is 0. The molecule has 0 saturated heterocycles. The van der Waals surface area contributed by atoms with Gasteiger partial charge < -0.3 is 0 Å². The Kier molecular flexibility index (Phi) is 2.34. The molecule has 0 aromatic rings. The van der Waals surface area contributed by atoms with Crippen LogP contribution in [0.1, 0.15) is 13.8 Å². The molecule has 1 unspecified atom stereocenters. The molecule has 0 rings (SSSR count). The van der Waals surface area contributed by atoms with Gasteiger partial charge in [0.25, 0.3) is 0 Å². The van der Waals surface area contributed by atoms with Crippen molar-refractivity contribution in [1.29, 1.82) is 0 Å². The molecule has 3 heteroatoms. The summed E-state index contributed by atoms with van der Waals surface area (Å²) in [5.74, 6) is 0. The molecule has 1 atom stereocenters. The molecule has 0 heterocycles. The van der Waals surface area contributed by atoms with Crippen molar-refractivity contribution >= 4 is 23.2 Å². The maximum Gasteiger partial charge on any atom is 0.146 e. The molecule has 44 valence electrons. The molecular formula is C4H7Cl2F. The van der Waals surface area contributed by atoms with Crippen molar-refractivity contribution in [2.45, 2.75) is 24.4 Å². The molecule has 0 saturated carbocycles. The number of hydrogen-bond donors (Lipinski definition) is 0. The van der Waals surface area contributed by atoms with E-state index in [-0.39, 0.29) is 0 Å². The van der Waals surface area contributed by atoms with E-state index in [1.807, 2.05) is 0 Å². The zero-order chi connectivity index (χ0) is 6.08. The van der Waals surface area contributed by atoms with Crippen molar-refractivity contribution < 1.29 is 4.39 Å². The maximum absolute atomic E-state index is 11.9. The first-order chi connectivity index (χ1) is 2.94. The normalized spacial score (nSPS) is 16.7. The second-order valence-corrected chi connectivity index (χ2v) is 3.34. The second-order valence-electron chi connectivity index (χ2n) is 1.57. The van der Waals surface area contributed by atoms with Crippen LogP contribution in [0.15, 0.2) is 0 Å². The molecule has 0 spiro atoms. The van der Waals surface area contributed by atoms with Crippen LogP contribution in [0.25, 0.3) is 0 Å². The quantitative estimate of drug-likeness (QED) is 0.497. The van der Waals surface area contributed by atoms with Gasteiger partial charge in [-0.25, -0.2) is 4.39 Å². The Bertz CT molecular complexity index is 55.2. The van der Waals surface area contributed by atoms with Gasteiger partial charge in [0.05, 0.1) is 0 Å². The van der Waals surface area contributed by atoms with Gasteiger partial charge in [0.2, 0.25) is 0 Å². The fourth-order valence-corrected chi connectivity index (χ4v) is 0. The van der Waals surface area contributed by atoms with E-state index in [1.165, 1.54) is 13.8 Å². The van der Waals surface area contributed by atoms with Crippen LogP contribution in [0, 0.1) is 0 Å². The number of alkyl halides is 3. The number of rotatable bonds is 1. The Labute approximate surface area is 52.6 Å². The molecule has 0 aliphatic rings. The first kappa shape index (κ1) is 7.51. The van der Waals surface area contributed by atoms with Gasteiger partial charge in [-0.1, -0.05) is 23.2 Å². The van der Waals surface area contributed by atoms with Crippen LogP contribution < -0.4 is 0 Å². The lowest BCUT2D eigenvalue weighted by atomic mass is 10.3. The highest BCUT2D eigenvalue weighted by molar-refractivity contribution is 6.48. The van der Waals surface area contributed by atoms with E-state index in [0.717, 1.165) is 0 Å². The van der Waals surface area contributed by atoms with Gasteiger partial charge in [-0.15, -0.1) is 0 Å². The molecule has 0 aromatic heterocycles. The second kappa shape index (κ2) is 2.19. The first-order valence-corrected chi connectivity index (χ1v) is 2.72. The third kappa shape index (κ3) is 3.12. The Morgan fingerprint density at radius 2 is 1.71 bits per heavy atom. The van der Waals surface area contributed by atoms with Gasteiger partial charge in [-0.3, -0.25) is 0 Å². The van der Waals surface area contributed by atoms with Gasteiger partial charge in [0, 0.05) is 0 Å². The van der Waals surface area contributed by atoms with Crippen LogP contribution in [-0.2, 0) is 0 Å². The Hall–Kier alpha value is 0.510. The SMILES string of the molecule is CC(F)C(C)(Cl)Cl. The lowest BCUT2D eigenvalue weighted by molar-refractivity contribution is 0.337. The van der Waals surface area contributed by atoms with E-state index in [0.29, 0.717) is 0 Å². The fourth-order valence-electron chi connectivity index (χ4n) is 0. The molecule has 7 heavy (non-hydrogen) atoms. The number of halogens is 3. The van der Waals surface area contributed by atoms with E-state index in [1.54, 1.807) is 0 Å². The Morgan fingerprint density at radius 1 is 1.57 bits per heavy atom. The summed E-state index contributed by atoms with van der Waals surface area (Å²) in [4.78, 5) is 0. The van der Waals surface area contributed by atoms with Gasteiger partial charge in [0.1, 0.15) is 10.5 Å². The molecule has 0 aliphatic heterocycles. The van der Waals surface area contributed by atoms with Crippen LogP contribution >= 0.6 is 23.2 Å². The third-order valence-electron chi connectivity index (χ3n) is 0.698. The molecule has 0 bridgehead atoms. The largest absolute Gasteiger partial charge is 0.245 e. The monoisotopic (exact) mass is 144 g/mol. The zero-order valence-electron chi connectivity index (χ0n) is 4.21. The van der Waals surface area contributed by atoms with Gasteiger partial charge >= 0.3 is 0 Å². The topological polar surface area (TPSA) is 0 Å². The van der Waals surface area contributed by atoms with Gasteiger partial charge in [-0.05, 0) is 13.8 Å². The minimum atomic E-state index is -1.22. The van der Waals surface area contributed by atoms with Crippen molar-refractivity contribution in [3.05, 3.63) is 0 Å². The Balaban J connectivity index is 3.54. The summed E-state index contributed by atoms with van der Waals surface area (Å²) in [6, 6.07) is 0. The fraction of sp³-hybridized carbons (Fsp3) is 1.00. The highest BCUT2D eigenvalue weighted by atomic mass is 35.5. The van der Waals surface area contributed by atoms with Crippen LogP contribution in [0.2, 0.25) is 0 Å². The van der Waals surface area contributed by atoms with E-state index in [9.17, 15) is 4.39 Å². The van der Waals surface area contributed by atoms with Crippen LogP contribution in [0.3, 0.4) is 0 Å².